The Morgan fingerprint density at radius 1 is 1.25 bits per heavy atom. The second kappa shape index (κ2) is 10.5. The van der Waals surface area contributed by atoms with Crippen LogP contribution in [0.25, 0.3) is 10.9 Å². The van der Waals surface area contributed by atoms with Gasteiger partial charge in [0.2, 0.25) is 5.91 Å². The highest BCUT2D eigenvalue weighted by Gasteiger charge is 2.20. The Labute approximate surface area is 165 Å². The summed E-state index contributed by atoms with van der Waals surface area (Å²) < 4.78 is 1.24. The number of nitrogens with zero attached hydrogens (tertiary/aromatic N) is 4. The summed E-state index contributed by atoms with van der Waals surface area (Å²) in [5.74, 6) is 0.235. The maximum absolute atomic E-state index is 12.4. The topological polar surface area (TPSA) is 80.1 Å². The minimum atomic E-state index is -0.235. The van der Waals surface area contributed by atoms with Gasteiger partial charge in [-0.05, 0) is 18.1 Å². The fourth-order valence-electron chi connectivity index (χ4n) is 3.15. The minimum Gasteiger partial charge on any atom is -0.354 e. The van der Waals surface area contributed by atoms with Gasteiger partial charge >= 0.3 is 0 Å². The molecule has 2 aromatic rings. The van der Waals surface area contributed by atoms with E-state index < -0.39 is 0 Å². The van der Waals surface area contributed by atoms with Crippen molar-refractivity contribution in [2.75, 3.05) is 19.6 Å². The Hall–Kier alpha value is -2.80. The van der Waals surface area contributed by atoms with E-state index in [0.717, 1.165) is 13.1 Å². The molecule has 0 aliphatic heterocycles. The number of carbonyl (C=O) groups excluding carboxylic acids is 1. The monoisotopic (exact) mass is 383 g/mol. The number of aryl methyl sites for hydroxylation is 1. The lowest BCUT2D eigenvalue weighted by atomic mass is 10.0. The van der Waals surface area contributed by atoms with Crippen molar-refractivity contribution in [3.8, 4) is 0 Å². The van der Waals surface area contributed by atoms with Crippen molar-refractivity contribution in [3.63, 3.8) is 0 Å². The van der Waals surface area contributed by atoms with Gasteiger partial charge in [0.1, 0.15) is 5.52 Å². The van der Waals surface area contributed by atoms with Crippen molar-refractivity contribution in [1.82, 2.24) is 25.2 Å². The third-order valence-corrected chi connectivity index (χ3v) is 4.65. The SMILES string of the molecule is C=CCN(CC=C)[C@H](CNC(=O)CCn1nnc2ccccc2c1=O)C(C)C. The highest BCUT2D eigenvalue weighted by molar-refractivity contribution is 5.77. The number of nitrogens with one attached hydrogen (secondary N) is 1. The smallest absolute Gasteiger partial charge is 0.277 e. The molecule has 2 rings (SSSR count). The maximum atomic E-state index is 12.4. The third kappa shape index (κ3) is 5.60. The number of fused-ring (bicyclic) bond motifs is 1. The third-order valence-electron chi connectivity index (χ3n) is 4.65. The van der Waals surface area contributed by atoms with Crippen LogP contribution in [-0.2, 0) is 11.3 Å². The van der Waals surface area contributed by atoms with Crippen LogP contribution in [0.2, 0.25) is 0 Å². The van der Waals surface area contributed by atoms with Gasteiger partial charge in [0, 0.05) is 32.1 Å². The fourth-order valence-corrected chi connectivity index (χ4v) is 3.15. The van der Waals surface area contributed by atoms with E-state index in [4.69, 9.17) is 0 Å². The summed E-state index contributed by atoms with van der Waals surface area (Å²) in [7, 11) is 0. The van der Waals surface area contributed by atoms with Crippen molar-refractivity contribution in [1.29, 1.82) is 0 Å². The van der Waals surface area contributed by atoms with Crippen LogP contribution >= 0.6 is 0 Å². The number of aromatic nitrogens is 3. The molecular formula is C21H29N5O2. The molecule has 7 nitrogen and oxygen atoms in total. The molecule has 0 aliphatic rings. The van der Waals surface area contributed by atoms with E-state index in [1.807, 2.05) is 12.2 Å². The summed E-state index contributed by atoms with van der Waals surface area (Å²) in [5, 5.41) is 11.4. The molecule has 0 radical (unpaired) electrons. The normalized spacial score (nSPS) is 12.3. The highest BCUT2D eigenvalue weighted by atomic mass is 16.2. The molecule has 1 aromatic carbocycles. The van der Waals surface area contributed by atoms with Crippen LogP contribution in [0.3, 0.4) is 0 Å². The lowest BCUT2D eigenvalue weighted by Crippen LogP contribution is -2.47. The molecule has 1 N–H and O–H groups in total. The van der Waals surface area contributed by atoms with Crippen LogP contribution < -0.4 is 10.9 Å². The largest absolute Gasteiger partial charge is 0.354 e. The van der Waals surface area contributed by atoms with Crippen molar-refractivity contribution < 1.29 is 4.79 Å². The van der Waals surface area contributed by atoms with Crippen LogP contribution in [0.4, 0.5) is 0 Å². The van der Waals surface area contributed by atoms with Crippen LogP contribution in [0, 0.1) is 5.92 Å². The lowest BCUT2D eigenvalue weighted by Gasteiger charge is -2.33. The summed E-state index contributed by atoms with van der Waals surface area (Å²) in [4.78, 5) is 27.0. The Balaban J connectivity index is 1.96. The molecule has 150 valence electrons. The molecule has 1 aromatic heterocycles. The molecule has 0 unspecified atom stereocenters. The predicted molar refractivity (Wildman–Crippen MR) is 112 cm³/mol. The maximum Gasteiger partial charge on any atom is 0.277 e. The van der Waals surface area contributed by atoms with E-state index >= 15 is 0 Å². The number of benzene rings is 1. The molecule has 0 fully saturated rings. The molecule has 0 saturated carbocycles. The molecule has 0 saturated heterocycles. The summed E-state index contributed by atoms with van der Waals surface area (Å²) in [6.07, 6.45) is 3.87. The van der Waals surface area contributed by atoms with Gasteiger partial charge < -0.3 is 5.32 Å². The van der Waals surface area contributed by atoms with E-state index in [0.29, 0.717) is 23.4 Å². The number of hydrogen-bond donors (Lipinski definition) is 1. The number of rotatable bonds is 11. The second-order valence-electron chi connectivity index (χ2n) is 7.03. The first kappa shape index (κ1) is 21.5. The van der Waals surface area contributed by atoms with Gasteiger partial charge in [-0.2, -0.15) is 0 Å². The van der Waals surface area contributed by atoms with Crippen LogP contribution in [-0.4, -0.2) is 51.5 Å². The van der Waals surface area contributed by atoms with Crippen molar-refractivity contribution in [2.45, 2.75) is 32.9 Å². The van der Waals surface area contributed by atoms with E-state index in [1.165, 1.54) is 4.68 Å². The molecular weight excluding hydrogens is 354 g/mol. The number of amides is 1. The van der Waals surface area contributed by atoms with Gasteiger partial charge in [0.05, 0.1) is 11.9 Å². The van der Waals surface area contributed by atoms with Gasteiger partial charge in [-0.3, -0.25) is 14.5 Å². The Kier molecular flexibility index (Phi) is 8.07. The van der Waals surface area contributed by atoms with Crippen LogP contribution in [0.5, 0.6) is 0 Å². The molecule has 1 heterocycles. The lowest BCUT2D eigenvalue weighted by molar-refractivity contribution is -0.121. The van der Waals surface area contributed by atoms with Gasteiger partial charge in [0.25, 0.3) is 5.56 Å². The first-order valence-electron chi connectivity index (χ1n) is 9.53. The number of hydrogen-bond acceptors (Lipinski definition) is 5. The van der Waals surface area contributed by atoms with Gasteiger partial charge in [-0.1, -0.05) is 43.3 Å². The second-order valence-corrected chi connectivity index (χ2v) is 7.03. The molecule has 0 aliphatic carbocycles. The number of carbonyl (C=O) groups is 1. The van der Waals surface area contributed by atoms with Crippen molar-refractivity contribution >= 4 is 16.8 Å². The molecule has 1 atom stereocenters. The molecule has 1 amide bonds. The summed E-state index contributed by atoms with van der Waals surface area (Å²) in [5.41, 5.74) is 0.319. The van der Waals surface area contributed by atoms with E-state index in [2.05, 4.69) is 47.5 Å². The summed E-state index contributed by atoms with van der Waals surface area (Å²) >= 11 is 0. The average Bonchev–Trinajstić information content (AvgIpc) is 2.68. The standard InChI is InChI=1S/C21H29N5O2/c1-5-12-25(13-6-2)19(16(3)4)15-22-20(27)11-14-26-21(28)17-9-7-8-10-18(17)23-24-26/h5-10,16,19H,1-2,11-15H2,3-4H3,(H,22,27)/t19-/m1/s1. The van der Waals surface area contributed by atoms with E-state index in [9.17, 15) is 9.59 Å². The van der Waals surface area contributed by atoms with Crippen LogP contribution in [0.1, 0.15) is 20.3 Å². The van der Waals surface area contributed by atoms with Crippen LogP contribution in [0.15, 0.2) is 54.4 Å². The molecule has 0 bridgehead atoms. The van der Waals surface area contributed by atoms with E-state index in [-0.39, 0.29) is 30.5 Å². The van der Waals surface area contributed by atoms with Crippen molar-refractivity contribution in [2.24, 2.45) is 5.92 Å². The Morgan fingerprint density at radius 2 is 1.93 bits per heavy atom. The zero-order chi connectivity index (χ0) is 20.5. The first-order valence-corrected chi connectivity index (χ1v) is 9.53. The first-order chi connectivity index (χ1) is 13.5. The fraction of sp³-hybridized carbons (Fsp3) is 0.429. The zero-order valence-electron chi connectivity index (χ0n) is 16.7. The highest BCUT2D eigenvalue weighted by Crippen LogP contribution is 2.10. The summed E-state index contributed by atoms with van der Waals surface area (Å²) in [6, 6.07) is 7.21. The quantitative estimate of drug-likeness (QED) is 0.600. The molecule has 0 spiro atoms. The summed E-state index contributed by atoms with van der Waals surface area (Å²) in [6.45, 7) is 14.0. The van der Waals surface area contributed by atoms with E-state index in [1.54, 1.807) is 24.3 Å². The average molecular weight is 383 g/mol. The van der Waals surface area contributed by atoms with Crippen molar-refractivity contribution in [3.05, 3.63) is 59.9 Å². The van der Waals surface area contributed by atoms with Gasteiger partial charge in [-0.15, -0.1) is 18.3 Å². The Bertz CT molecular complexity index is 864. The Morgan fingerprint density at radius 3 is 2.57 bits per heavy atom. The van der Waals surface area contributed by atoms with Gasteiger partial charge in [-0.25, -0.2) is 4.68 Å². The predicted octanol–water partition coefficient (Wildman–Crippen LogP) is 2.00. The van der Waals surface area contributed by atoms with Gasteiger partial charge in [0.15, 0.2) is 0 Å². The zero-order valence-corrected chi connectivity index (χ0v) is 16.7. The molecule has 28 heavy (non-hydrogen) atoms. The molecule has 7 heteroatoms. The minimum absolute atomic E-state index is 0.121.